The first kappa shape index (κ1) is 12.5. The Balaban J connectivity index is 2.60. The highest BCUT2D eigenvalue weighted by Gasteiger charge is 2.32. The van der Waals surface area contributed by atoms with Gasteiger partial charge in [-0.15, -0.1) is 0 Å². The van der Waals surface area contributed by atoms with Gasteiger partial charge in [-0.3, -0.25) is 4.79 Å². The number of rotatable bonds is 3. The first-order valence-electron chi connectivity index (χ1n) is 5.71. The minimum Gasteiger partial charge on any atom is -0.507 e. The molecule has 0 amide bonds. The second-order valence-corrected chi connectivity index (χ2v) is 4.49. The molecule has 1 unspecified atom stereocenters. The van der Waals surface area contributed by atoms with E-state index in [1.54, 1.807) is 0 Å². The molecule has 0 fully saturated rings. The largest absolute Gasteiger partial charge is 0.507 e. The summed E-state index contributed by atoms with van der Waals surface area (Å²) in [4.78, 5) is 11.6. The summed E-state index contributed by atoms with van der Waals surface area (Å²) < 4.78 is 10.9. The average Bonchev–Trinajstić information content (AvgIpc) is 2.71. The number of carbonyl (C=O) groups excluding carboxylic acids is 1. The van der Waals surface area contributed by atoms with E-state index in [1.807, 2.05) is 6.92 Å². The van der Waals surface area contributed by atoms with E-state index in [-0.39, 0.29) is 23.2 Å². The molecular weight excluding hydrogens is 232 g/mol. The molecular formula is C14H16O4. The van der Waals surface area contributed by atoms with Crippen molar-refractivity contribution in [2.75, 3.05) is 7.11 Å². The molecule has 0 aromatic heterocycles. The standard InChI is InChI=1S/C14H16O4/c1-7(2)11-5-9-12(17-4)6-10(16)13(8(3)15)14(9)18-11/h6,11,16H,1,5H2,2-4H3. The van der Waals surface area contributed by atoms with Crippen molar-refractivity contribution in [2.24, 2.45) is 0 Å². The van der Waals surface area contributed by atoms with E-state index in [0.717, 1.165) is 11.1 Å². The SMILES string of the molecule is C=C(C)C1Cc2c(OC)cc(O)c(C(C)=O)c2O1. The number of phenolic OH excluding ortho intramolecular Hbond substituents is 1. The van der Waals surface area contributed by atoms with Gasteiger partial charge in [0.25, 0.3) is 0 Å². The van der Waals surface area contributed by atoms with Crippen LogP contribution in [0.5, 0.6) is 17.2 Å². The van der Waals surface area contributed by atoms with E-state index >= 15 is 0 Å². The normalized spacial score (nSPS) is 16.9. The van der Waals surface area contributed by atoms with Gasteiger partial charge in [0.05, 0.1) is 7.11 Å². The number of benzene rings is 1. The highest BCUT2D eigenvalue weighted by Crippen LogP contribution is 2.44. The highest BCUT2D eigenvalue weighted by molar-refractivity contribution is 6.00. The molecule has 4 heteroatoms. The third-order valence-electron chi connectivity index (χ3n) is 3.09. The van der Waals surface area contributed by atoms with Gasteiger partial charge in [-0.25, -0.2) is 0 Å². The fourth-order valence-electron chi connectivity index (χ4n) is 2.15. The number of aromatic hydroxyl groups is 1. The fourth-order valence-corrected chi connectivity index (χ4v) is 2.15. The summed E-state index contributed by atoms with van der Waals surface area (Å²) >= 11 is 0. The number of Topliss-reactive ketones (excluding diaryl/α,β-unsaturated/α-hetero) is 1. The van der Waals surface area contributed by atoms with Crippen molar-refractivity contribution in [3.63, 3.8) is 0 Å². The van der Waals surface area contributed by atoms with Crippen LogP contribution in [0, 0.1) is 0 Å². The Morgan fingerprint density at radius 2 is 2.22 bits per heavy atom. The van der Waals surface area contributed by atoms with Crippen molar-refractivity contribution in [1.82, 2.24) is 0 Å². The zero-order chi connectivity index (χ0) is 13.4. The molecule has 0 radical (unpaired) electrons. The van der Waals surface area contributed by atoms with E-state index in [2.05, 4.69) is 6.58 Å². The van der Waals surface area contributed by atoms with Crippen molar-refractivity contribution in [1.29, 1.82) is 0 Å². The molecule has 0 saturated heterocycles. The van der Waals surface area contributed by atoms with Gasteiger partial charge in [0, 0.05) is 18.1 Å². The molecule has 1 aliphatic rings. The van der Waals surface area contributed by atoms with Gasteiger partial charge in [-0.05, 0) is 19.4 Å². The third-order valence-corrected chi connectivity index (χ3v) is 3.09. The molecule has 0 saturated carbocycles. The van der Waals surface area contributed by atoms with E-state index in [4.69, 9.17) is 9.47 Å². The molecule has 96 valence electrons. The molecule has 0 aliphatic carbocycles. The maximum Gasteiger partial charge on any atom is 0.167 e. The maximum atomic E-state index is 11.6. The Morgan fingerprint density at radius 3 is 2.72 bits per heavy atom. The maximum absolute atomic E-state index is 11.6. The lowest BCUT2D eigenvalue weighted by atomic mass is 10.0. The summed E-state index contributed by atoms with van der Waals surface area (Å²) in [6.45, 7) is 7.13. The van der Waals surface area contributed by atoms with E-state index in [1.165, 1.54) is 20.1 Å². The van der Waals surface area contributed by atoms with E-state index in [9.17, 15) is 9.90 Å². The molecule has 0 bridgehead atoms. The minimum absolute atomic E-state index is 0.111. The molecule has 1 atom stereocenters. The lowest BCUT2D eigenvalue weighted by Crippen LogP contribution is -2.13. The third kappa shape index (κ3) is 1.83. The minimum atomic E-state index is -0.228. The van der Waals surface area contributed by atoms with Gasteiger partial charge in [0.15, 0.2) is 5.78 Å². The van der Waals surface area contributed by atoms with E-state index in [0.29, 0.717) is 17.9 Å². The zero-order valence-corrected chi connectivity index (χ0v) is 10.7. The zero-order valence-electron chi connectivity index (χ0n) is 10.7. The first-order chi connectivity index (χ1) is 8.45. The molecule has 2 rings (SSSR count). The Hall–Kier alpha value is -1.97. The monoisotopic (exact) mass is 248 g/mol. The lowest BCUT2D eigenvalue weighted by Gasteiger charge is -2.12. The number of hydrogen-bond acceptors (Lipinski definition) is 4. The van der Waals surface area contributed by atoms with Crippen LogP contribution in [0.4, 0.5) is 0 Å². The summed E-state index contributed by atoms with van der Waals surface area (Å²) in [5.74, 6) is 0.623. The van der Waals surface area contributed by atoms with Crippen LogP contribution in [0.3, 0.4) is 0 Å². The van der Waals surface area contributed by atoms with Crippen LogP contribution in [-0.2, 0) is 6.42 Å². The highest BCUT2D eigenvalue weighted by atomic mass is 16.5. The summed E-state index contributed by atoms with van der Waals surface area (Å²) in [5.41, 5.74) is 1.91. The molecule has 4 nitrogen and oxygen atoms in total. The van der Waals surface area contributed by atoms with Crippen molar-refractivity contribution < 1.29 is 19.4 Å². The molecule has 1 heterocycles. The summed E-state index contributed by atoms with van der Waals surface area (Å²) in [6.07, 6.45) is 0.433. The quantitative estimate of drug-likeness (QED) is 0.659. The van der Waals surface area contributed by atoms with Crippen LogP contribution in [0.25, 0.3) is 0 Å². The van der Waals surface area contributed by atoms with Crippen molar-refractivity contribution in [3.8, 4) is 17.2 Å². The number of methoxy groups -OCH3 is 1. The Labute approximate surface area is 106 Å². The number of fused-ring (bicyclic) bond motifs is 1. The van der Waals surface area contributed by atoms with Crippen molar-refractivity contribution >= 4 is 5.78 Å². The predicted octanol–water partition coefficient (Wildman–Crippen LogP) is 2.48. The Morgan fingerprint density at radius 1 is 1.56 bits per heavy atom. The van der Waals surface area contributed by atoms with E-state index < -0.39 is 0 Å². The second kappa shape index (κ2) is 4.37. The van der Waals surface area contributed by atoms with Crippen molar-refractivity contribution in [2.45, 2.75) is 26.4 Å². The van der Waals surface area contributed by atoms with Gasteiger partial charge < -0.3 is 14.6 Å². The van der Waals surface area contributed by atoms with Crippen LogP contribution < -0.4 is 9.47 Å². The Kier molecular flexibility index (Phi) is 3.03. The topological polar surface area (TPSA) is 55.8 Å². The van der Waals surface area contributed by atoms with Crippen LogP contribution in [0.1, 0.15) is 29.8 Å². The smallest absolute Gasteiger partial charge is 0.167 e. The number of hydrogen-bond donors (Lipinski definition) is 1. The number of phenols is 1. The van der Waals surface area contributed by atoms with Gasteiger partial charge in [-0.1, -0.05) is 6.58 Å². The summed E-state index contributed by atoms with van der Waals surface area (Å²) in [6, 6.07) is 1.46. The predicted molar refractivity (Wildman–Crippen MR) is 67.6 cm³/mol. The molecule has 1 N–H and O–H groups in total. The first-order valence-corrected chi connectivity index (χ1v) is 5.71. The number of ether oxygens (including phenoxy) is 2. The second-order valence-electron chi connectivity index (χ2n) is 4.49. The summed E-state index contributed by atoms with van der Waals surface area (Å²) in [5, 5.41) is 9.88. The Bertz CT molecular complexity index is 531. The number of ketones is 1. The molecule has 1 aromatic carbocycles. The molecule has 1 aromatic rings. The van der Waals surface area contributed by atoms with Gasteiger partial charge in [-0.2, -0.15) is 0 Å². The average molecular weight is 248 g/mol. The van der Waals surface area contributed by atoms with Gasteiger partial charge in [0.2, 0.25) is 0 Å². The lowest BCUT2D eigenvalue weighted by molar-refractivity contribution is 0.101. The van der Waals surface area contributed by atoms with Gasteiger partial charge in [0.1, 0.15) is 28.9 Å². The van der Waals surface area contributed by atoms with Crippen LogP contribution in [0.15, 0.2) is 18.2 Å². The molecule has 18 heavy (non-hydrogen) atoms. The molecule has 0 spiro atoms. The van der Waals surface area contributed by atoms with Crippen LogP contribution in [0.2, 0.25) is 0 Å². The summed E-state index contributed by atoms with van der Waals surface area (Å²) in [7, 11) is 1.52. The van der Waals surface area contributed by atoms with Crippen molar-refractivity contribution in [3.05, 3.63) is 29.3 Å². The number of carbonyl (C=O) groups is 1. The fraction of sp³-hybridized carbons (Fsp3) is 0.357. The van der Waals surface area contributed by atoms with Crippen LogP contribution >= 0.6 is 0 Å². The van der Waals surface area contributed by atoms with Crippen LogP contribution in [-0.4, -0.2) is 24.1 Å². The molecule has 1 aliphatic heterocycles. The van der Waals surface area contributed by atoms with Gasteiger partial charge >= 0.3 is 0 Å².